The standard InChI is InChI=1S/C16H25N3O5S2/c1-13-6-8-14(9-7-13)26(23,24)18-11-4-10-17-16(20)15-5-3-12-19(15)25(2,21)22/h6-9,15,18H,3-5,10-12H2,1-2H3,(H,17,20)/t15-/m0/s1. The summed E-state index contributed by atoms with van der Waals surface area (Å²) in [6.45, 7) is 2.68. The van der Waals surface area contributed by atoms with E-state index in [1.54, 1.807) is 24.3 Å². The van der Waals surface area contributed by atoms with Crippen LogP contribution in [0.1, 0.15) is 24.8 Å². The van der Waals surface area contributed by atoms with Gasteiger partial charge in [0.15, 0.2) is 0 Å². The van der Waals surface area contributed by atoms with Crippen molar-refractivity contribution in [3.05, 3.63) is 29.8 Å². The molecule has 2 rings (SSSR count). The fourth-order valence-corrected chi connectivity index (χ4v) is 5.02. The number of benzene rings is 1. The third kappa shape index (κ3) is 5.50. The molecule has 0 aromatic heterocycles. The number of aryl methyl sites for hydroxylation is 1. The number of nitrogens with one attached hydrogen (secondary N) is 2. The molecule has 0 bridgehead atoms. The van der Waals surface area contributed by atoms with Crippen LogP contribution in [-0.2, 0) is 24.8 Å². The van der Waals surface area contributed by atoms with E-state index in [0.717, 1.165) is 11.8 Å². The molecule has 0 saturated carbocycles. The number of carbonyl (C=O) groups is 1. The normalized spacial score (nSPS) is 18.8. The highest BCUT2D eigenvalue weighted by Gasteiger charge is 2.36. The molecule has 1 aliphatic rings. The minimum atomic E-state index is -3.57. The maximum absolute atomic E-state index is 12.2. The molecule has 1 aromatic rings. The van der Waals surface area contributed by atoms with Crippen LogP contribution < -0.4 is 10.0 Å². The zero-order valence-corrected chi connectivity index (χ0v) is 16.6. The summed E-state index contributed by atoms with van der Waals surface area (Å²) in [5.74, 6) is -0.339. The van der Waals surface area contributed by atoms with E-state index in [1.807, 2.05) is 6.92 Å². The lowest BCUT2D eigenvalue weighted by Gasteiger charge is -2.21. The second-order valence-corrected chi connectivity index (χ2v) is 10.1. The molecule has 1 amide bonds. The van der Waals surface area contributed by atoms with Crippen LogP contribution >= 0.6 is 0 Å². The van der Waals surface area contributed by atoms with Crippen LogP contribution in [0.25, 0.3) is 0 Å². The lowest BCUT2D eigenvalue weighted by Crippen LogP contribution is -2.46. The number of rotatable bonds is 8. The molecule has 146 valence electrons. The summed E-state index contributed by atoms with van der Waals surface area (Å²) in [5, 5.41) is 2.68. The summed E-state index contributed by atoms with van der Waals surface area (Å²) in [6, 6.07) is 5.86. The molecular formula is C16H25N3O5S2. The molecular weight excluding hydrogens is 378 g/mol. The molecule has 1 atom stereocenters. The molecule has 1 heterocycles. The van der Waals surface area contributed by atoms with Crippen molar-refractivity contribution in [1.29, 1.82) is 0 Å². The van der Waals surface area contributed by atoms with E-state index in [1.165, 1.54) is 4.31 Å². The summed E-state index contributed by atoms with van der Waals surface area (Å²) < 4.78 is 51.3. The Hall–Kier alpha value is -1.49. The van der Waals surface area contributed by atoms with Crippen molar-refractivity contribution in [2.45, 2.75) is 37.1 Å². The third-order valence-corrected chi connectivity index (χ3v) is 6.97. The maximum Gasteiger partial charge on any atom is 0.240 e. The van der Waals surface area contributed by atoms with Gasteiger partial charge in [0.25, 0.3) is 0 Å². The summed E-state index contributed by atoms with van der Waals surface area (Å²) in [4.78, 5) is 12.4. The third-order valence-electron chi connectivity index (χ3n) is 4.21. The van der Waals surface area contributed by atoms with Crippen molar-refractivity contribution < 1.29 is 21.6 Å². The number of hydrogen-bond acceptors (Lipinski definition) is 5. The highest BCUT2D eigenvalue weighted by atomic mass is 32.2. The topological polar surface area (TPSA) is 113 Å². The molecule has 10 heteroatoms. The Labute approximate surface area is 155 Å². The molecule has 1 saturated heterocycles. The van der Waals surface area contributed by atoms with Crippen molar-refractivity contribution in [2.24, 2.45) is 0 Å². The van der Waals surface area contributed by atoms with Gasteiger partial charge in [-0.1, -0.05) is 17.7 Å². The number of sulfonamides is 2. The summed E-state index contributed by atoms with van der Waals surface area (Å²) in [6.07, 6.45) is 2.65. The van der Waals surface area contributed by atoms with Crippen molar-refractivity contribution in [3.8, 4) is 0 Å². The van der Waals surface area contributed by atoms with Gasteiger partial charge in [-0.3, -0.25) is 4.79 Å². The van der Waals surface area contributed by atoms with E-state index in [4.69, 9.17) is 0 Å². The summed E-state index contributed by atoms with van der Waals surface area (Å²) in [5.41, 5.74) is 0.974. The van der Waals surface area contributed by atoms with Crippen LogP contribution in [0.15, 0.2) is 29.2 Å². The van der Waals surface area contributed by atoms with Crippen molar-refractivity contribution in [3.63, 3.8) is 0 Å². The lowest BCUT2D eigenvalue weighted by molar-refractivity contribution is -0.124. The second-order valence-electron chi connectivity index (χ2n) is 6.39. The number of amides is 1. The Morgan fingerprint density at radius 1 is 1.15 bits per heavy atom. The first-order valence-corrected chi connectivity index (χ1v) is 11.8. The van der Waals surface area contributed by atoms with Gasteiger partial charge in [-0.05, 0) is 38.3 Å². The van der Waals surface area contributed by atoms with Crippen LogP contribution in [0.4, 0.5) is 0 Å². The molecule has 0 spiro atoms. The molecule has 1 fully saturated rings. The molecule has 8 nitrogen and oxygen atoms in total. The van der Waals surface area contributed by atoms with E-state index in [9.17, 15) is 21.6 Å². The minimum absolute atomic E-state index is 0.178. The van der Waals surface area contributed by atoms with Gasteiger partial charge in [0.2, 0.25) is 26.0 Å². The van der Waals surface area contributed by atoms with E-state index in [0.29, 0.717) is 25.8 Å². The van der Waals surface area contributed by atoms with Crippen molar-refractivity contribution in [1.82, 2.24) is 14.3 Å². The molecule has 1 aromatic carbocycles. The van der Waals surface area contributed by atoms with Crippen LogP contribution in [0, 0.1) is 6.92 Å². The number of carbonyl (C=O) groups excluding carboxylic acids is 1. The average molecular weight is 404 g/mol. The zero-order chi connectivity index (χ0) is 19.4. The van der Waals surface area contributed by atoms with E-state index in [-0.39, 0.29) is 23.9 Å². The predicted molar refractivity (Wildman–Crippen MR) is 98.6 cm³/mol. The van der Waals surface area contributed by atoms with Gasteiger partial charge < -0.3 is 5.32 Å². The van der Waals surface area contributed by atoms with E-state index < -0.39 is 26.1 Å². The zero-order valence-electron chi connectivity index (χ0n) is 14.9. The van der Waals surface area contributed by atoms with Gasteiger partial charge in [-0.25, -0.2) is 21.6 Å². The SMILES string of the molecule is Cc1ccc(S(=O)(=O)NCCCNC(=O)[C@@H]2CCCN2S(C)(=O)=O)cc1. The number of nitrogens with zero attached hydrogens (tertiary/aromatic N) is 1. The van der Waals surface area contributed by atoms with Crippen LogP contribution in [0.3, 0.4) is 0 Å². The van der Waals surface area contributed by atoms with Crippen molar-refractivity contribution >= 4 is 26.0 Å². The van der Waals surface area contributed by atoms with Crippen molar-refractivity contribution in [2.75, 3.05) is 25.9 Å². The van der Waals surface area contributed by atoms with Gasteiger partial charge in [0.05, 0.1) is 11.2 Å². The van der Waals surface area contributed by atoms with E-state index in [2.05, 4.69) is 10.0 Å². The molecule has 1 aliphatic heterocycles. The minimum Gasteiger partial charge on any atom is -0.355 e. The first-order chi connectivity index (χ1) is 12.1. The molecule has 26 heavy (non-hydrogen) atoms. The Balaban J connectivity index is 1.76. The predicted octanol–water partition coefficient (Wildman–Crippen LogP) is 0.204. The second kappa shape index (κ2) is 8.47. The van der Waals surface area contributed by atoms with Crippen LogP contribution in [-0.4, -0.2) is 59.0 Å². The highest BCUT2D eigenvalue weighted by Crippen LogP contribution is 2.20. The first-order valence-electron chi connectivity index (χ1n) is 8.42. The summed E-state index contributed by atoms with van der Waals surface area (Å²) in [7, 11) is -6.98. The summed E-state index contributed by atoms with van der Waals surface area (Å²) >= 11 is 0. The van der Waals surface area contributed by atoms with Gasteiger partial charge in [0.1, 0.15) is 6.04 Å². The highest BCUT2D eigenvalue weighted by molar-refractivity contribution is 7.89. The van der Waals surface area contributed by atoms with Gasteiger partial charge in [0, 0.05) is 19.6 Å². The van der Waals surface area contributed by atoms with Gasteiger partial charge in [-0.15, -0.1) is 0 Å². The number of hydrogen-bond donors (Lipinski definition) is 2. The lowest BCUT2D eigenvalue weighted by atomic mass is 10.2. The monoisotopic (exact) mass is 403 g/mol. The smallest absolute Gasteiger partial charge is 0.240 e. The van der Waals surface area contributed by atoms with E-state index >= 15 is 0 Å². The largest absolute Gasteiger partial charge is 0.355 e. The molecule has 2 N–H and O–H groups in total. The Kier molecular flexibility index (Phi) is 6.78. The Bertz CT molecular complexity index is 835. The molecule has 0 unspecified atom stereocenters. The first kappa shape index (κ1) is 20.8. The molecule has 0 radical (unpaired) electrons. The van der Waals surface area contributed by atoms with Crippen LogP contribution in [0.5, 0.6) is 0 Å². The fraction of sp³-hybridized carbons (Fsp3) is 0.562. The fourth-order valence-electron chi connectivity index (χ4n) is 2.82. The Morgan fingerprint density at radius 2 is 1.81 bits per heavy atom. The van der Waals surface area contributed by atoms with Gasteiger partial charge >= 0.3 is 0 Å². The molecule has 0 aliphatic carbocycles. The van der Waals surface area contributed by atoms with Gasteiger partial charge in [-0.2, -0.15) is 4.31 Å². The van der Waals surface area contributed by atoms with Crippen LogP contribution in [0.2, 0.25) is 0 Å². The quantitative estimate of drug-likeness (QED) is 0.602. The average Bonchev–Trinajstić information content (AvgIpc) is 3.04. The Morgan fingerprint density at radius 3 is 2.42 bits per heavy atom. The maximum atomic E-state index is 12.2.